The lowest BCUT2D eigenvalue weighted by Gasteiger charge is -2.30. The highest BCUT2D eigenvalue weighted by atomic mass is 35.5. The fourth-order valence-corrected chi connectivity index (χ4v) is 3.00. The van der Waals surface area contributed by atoms with Crippen LogP contribution >= 0.6 is 23.8 Å². The van der Waals surface area contributed by atoms with Crippen molar-refractivity contribution >= 4 is 34.6 Å². The Morgan fingerprint density at radius 1 is 1.37 bits per heavy atom. The molecule has 1 unspecified atom stereocenters. The van der Waals surface area contributed by atoms with Crippen LogP contribution in [-0.4, -0.2) is 30.4 Å². The SMILES string of the molecule is COC(C(O)=S)c1ccc(N2CCCCC2)c(Cl)c1. The summed E-state index contributed by atoms with van der Waals surface area (Å²) in [5, 5.41) is 9.93. The van der Waals surface area contributed by atoms with Crippen LogP contribution in [-0.2, 0) is 4.74 Å². The minimum absolute atomic E-state index is 0.177. The van der Waals surface area contributed by atoms with E-state index < -0.39 is 6.10 Å². The predicted molar refractivity (Wildman–Crippen MR) is 82.5 cm³/mol. The summed E-state index contributed by atoms with van der Waals surface area (Å²) in [6.07, 6.45) is 3.11. The largest absolute Gasteiger partial charge is 0.500 e. The van der Waals surface area contributed by atoms with Gasteiger partial charge in [0.25, 0.3) is 0 Å². The highest BCUT2D eigenvalue weighted by molar-refractivity contribution is 7.80. The van der Waals surface area contributed by atoms with Crippen molar-refractivity contribution < 1.29 is 9.84 Å². The molecule has 1 aliphatic heterocycles. The van der Waals surface area contributed by atoms with E-state index in [2.05, 4.69) is 4.90 Å². The minimum Gasteiger partial charge on any atom is -0.500 e. The molecule has 104 valence electrons. The van der Waals surface area contributed by atoms with E-state index in [0.29, 0.717) is 5.02 Å². The third-order valence-corrected chi connectivity index (χ3v) is 3.95. The lowest BCUT2D eigenvalue weighted by Crippen LogP contribution is -2.29. The minimum atomic E-state index is -0.595. The van der Waals surface area contributed by atoms with Crippen LogP contribution in [0.1, 0.15) is 30.9 Å². The number of hydrogen-bond donors (Lipinski definition) is 1. The van der Waals surface area contributed by atoms with Crippen molar-refractivity contribution in [3.63, 3.8) is 0 Å². The van der Waals surface area contributed by atoms with Gasteiger partial charge in [0.2, 0.25) is 0 Å². The summed E-state index contributed by atoms with van der Waals surface area (Å²) in [4.78, 5) is 2.30. The second kappa shape index (κ2) is 6.55. The van der Waals surface area contributed by atoms with Crippen LogP contribution in [0.25, 0.3) is 0 Å². The molecule has 0 bridgehead atoms. The van der Waals surface area contributed by atoms with Crippen LogP contribution in [0.5, 0.6) is 0 Å². The maximum Gasteiger partial charge on any atom is 0.191 e. The van der Waals surface area contributed by atoms with E-state index in [1.54, 1.807) is 0 Å². The number of nitrogens with zero attached hydrogens (tertiary/aromatic N) is 1. The first kappa shape index (κ1) is 14.6. The van der Waals surface area contributed by atoms with E-state index in [1.165, 1.54) is 26.4 Å². The molecule has 5 heteroatoms. The van der Waals surface area contributed by atoms with Gasteiger partial charge in [0.15, 0.2) is 5.05 Å². The van der Waals surface area contributed by atoms with Gasteiger partial charge in [0.05, 0.1) is 10.7 Å². The zero-order valence-electron chi connectivity index (χ0n) is 10.9. The number of aliphatic hydroxyl groups excluding tert-OH is 1. The standard InChI is InChI=1S/C14H18ClNO2S/c1-18-13(14(17)19)10-5-6-12(11(15)9-10)16-7-3-2-4-8-16/h5-6,9,13H,2-4,7-8H2,1H3,(H,17,19). The second-order valence-electron chi connectivity index (χ2n) is 4.71. The van der Waals surface area contributed by atoms with Gasteiger partial charge >= 0.3 is 0 Å². The van der Waals surface area contributed by atoms with E-state index in [1.807, 2.05) is 18.2 Å². The Morgan fingerprint density at radius 3 is 2.58 bits per heavy atom. The molecule has 0 aromatic heterocycles. The molecule has 0 amide bonds. The number of piperidine rings is 1. The molecule has 1 fully saturated rings. The fourth-order valence-electron chi connectivity index (χ4n) is 2.46. The van der Waals surface area contributed by atoms with Crippen molar-refractivity contribution in [2.45, 2.75) is 25.4 Å². The van der Waals surface area contributed by atoms with Gasteiger partial charge in [-0.25, -0.2) is 0 Å². The number of aliphatic hydroxyl groups is 1. The van der Waals surface area contributed by atoms with E-state index in [-0.39, 0.29) is 5.05 Å². The molecule has 0 spiro atoms. The van der Waals surface area contributed by atoms with E-state index >= 15 is 0 Å². The number of methoxy groups -OCH3 is 1. The van der Waals surface area contributed by atoms with Gasteiger partial charge in [-0.2, -0.15) is 0 Å². The Labute approximate surface area is 124 Å². The van der Waals surface area contributed by atoms with Crippen LogP contribution in [0, 0.1) is 0 Å². The lowest BCUT2D eigenvalue weighted by molar-refractivity contribution is 0.145. The van der Waals surface area contributed by atoms with Crippen molar-refractivity contribution in [2.24, 2.45) is 0 Å². The van der Waals surface area contributed by atoms with Gasteiger partial charge < -0.3 is 14.7 Å². The first-order chi connectivity index (χ1) is 9.13. The molecule has 19 heavy (non-hydrogen) atoms. The van der Waals surface area contributed by atoms with Crippen LogP contribution < -0.4 is 4.90 Å². The molecule has 1 aliphatic rings. The van der Waals surface area contributed by atoms with Gasteiger partial charge in [0.1, 0.15) is 6.10 Å². The van der Waals surface area contributed by atoms with Crippen molar-refractivity contribution in [2.75, 3.05) is 25.1 Å². The number of ether oxygens (including phenoxy) is 1. The number of rotatable bonds is 4. The topological polar surface area (TPSA) is 32.7 Å². The zero-order valence-corrected chi connectivity index (χ0v) is 12.5. The zero-order chi connectivity index (χ0) is 13.8. The Kier molecular flexibility index (Phi) is 5.02. The summed E-state index contributed by atoms with van der Waals surface area (Å²) >= 11 is 11.1. The Bertz CT molecular complexity index is 461. The van der Waals surface area contributed by atoms with Gasteiger partial charge in [-0.05, 0) is 49.2 Å². The molecule has 1 N–H and O–H groups in total. The molecule has 3 nitrogen and oxygen atoms in total. The van der Waals surface area contributed by atoms with Gasteiger partial charge in [-0.3, -0.25) is 0 Å². The fraction of sp³-hybridized carbons (Fsp3) is 0.500. The maximum atomic E-state index is 9.43. The quantitative estimate of drug-likeness (QED) is 0.855. The molecule has 1 saturated heterocycles. The number of hydrogen-bond acceptors (Lipinski definition) is 3. The summed E-state index contributed by atoms with van der Waals surface area (Å²) < 4.78 is 5.17. The third kappa shape index (κ3) is 3.38. The Hall–Kier alpha value is -0.840. The number of benzene rings is 1. The molecular weight excluding hydrogens is 282 g/mol. The third-order valence-electron chi connectivity index (χ3n) is 3.43. The highest BCUT2D eigenvalue weighted by Crippen LogP contribution is 2.31. The average molecular weight is 300 g/mol. The molecule has 1 aromatic rings. The summed E-state index contributed by atoms with van der Waals surface area (Å²) in [7, 11) is 1.51. The van der Waals surface area contributed by atoms with Gasteiger partial charge in [-0.1, -0.05) is 17.7 Å². The average Bonchev–Trinajstić information content (AvgIpc) is 2.40. The lowest BCUT2D eigenvalue weighted by atomic mass is 10.1. The van der Waals surface area contributed by atoms with E-state index in [4.69, 9.17) is 28.6 Å². The monoisotopic (exact) mass is 299 g/mol. The molecule has 0 radical (unpaired) electrons. The molecule has 1 aromatic carbocycles. The summed E-state index contributed by atoms with van der Waals surface area (Å²) in [5.74, 6) is 0. The first-order valence-electron chi connectivity index (χ1n) is 6.43. The Balaban J connectivity index is 2.23. The van der Waals surface area contributed by atoms with Crippen molar-refractivity contribution in [1.82, 2.24) is 0 Å². The van der Waals surface area contributed by atoms with E-state index in [9.17, 15) is 5.11 Å². The number of halogens is 1. The normalized spacial score (nSPS) is 17.3. The smallest absolute Gasteiger partial charge is 0.191 e. The number of anilines is 1. The predicted octanol–water partition coefficient (Wildman–Crippen LogP) is 3.90. The molecule has 2 rings (SSSR count). The van der Waals surface area contributed by atoms with Crippen LogP contribution in [0.4, 0.5) is 5.69 Å². The molecular formula is C14H18ClNO2S. The Morgan fingerprint density at radius 2 is 2.05 bits per heavy atom. The van der Waals surface area contributed by atoms with Gasteiger partial charge in [-0.15, -0.1) is 0 Å². The first-order valence-corrected chi connectivity index (χ1v) is 7.22. The van der Waals surface area contributed by atoms with Gasteiger partial charge in [0, 0.05) is 20.2 Å². The summed E-state index contributed by atoms with van der Waals surface area (Å²) in [5.41, 5.74) is 1.82. The second-order valence-corrected chi connectivity index (χ2v) is 5.54. The molecule has 1 atom stereocenters. The van der Waals surface area contributed by atoms with Crippen LogP contribution in [0.2, 0.25) is 5.02 Å². The van der Waals surface area contributed by atoms with E-state index in [0.717, 1.165) is 24.3 Å². The summed E-state index contributed by atoms with van der Waals surface area (Å²) in [6, 6.07) is 5.71. The van der Waals surface area contributed by atoms with Crippen LogP contribution in [0.15, 0.2) is 18.2 Å². The molecule has 1 heterocycles. The van der Waals surface area contributed by atoms with Crippen molar-refractivity contribution in [3.05, 3.63) is 28.8 Å². The van der Waals surface area contributed by atoms with Crippen molar-refractivity contribution in [1.29, 1.82) is 0 Å². The summed E-state index contributed by atoms with van der Waals surface area (Å²) in [6.45, 7) is 2.09. The highest BCUT2D eigenvalue weighted by Gasteiger charge is 2.19. The number of thiocarbonyl (C=S) groups is 1. The molecule has 0 aliphatic carbocycles. The van der Waals surface area contributed by atoms with Crippen LogP contribution in [0.3, 0.4) is 0 Å². The molecule has 0 saturated carbocycles. The maximum absolute atomic E-state index is 9.43. The van der Waals surface area contributed by atoms with Crippen molar-refractivity contribution in [3.8, 4) is 0 Å².